The van der Waals surface area contributed by atoms with Crippen LogP contribution in [0.4, 0.5) is 0 Å². The molecule has 0 bridgehead atoms. The second kappa shape index (κ2) is 7.25. The number of benzene rings is 1. The van der Waals surface area contributed by atoms with Crippen molar-refractivity contribution in [2.24, 2.45) is 11.8 Å². The van der Waals surface area contributed by atoms with Gasteiger partial charge in [0.2, 0.25) is 5.91 Å². The molecule has 0 saturated carbocycles. The first-order chi connectivity index (χ1) is 10.5. The van der Waals surface area contributed by atoms with E-state index in [9.17, 15) is 14.7 Å². The Morgan fingerprint density at radius 2 is 1.77 bits per heavy atom. The number of allylic oxidation sites excluding steroid dienone is 2. The van der Waals surface area contributed by atoms with Crippen molar-refractivity contribution in [2.75, 3.05) is 0 Å². The van der Waals surface area contributed by atoms with Gasteiger partial charge in [0.05, 0.1) is 17.9 Å². The third kappa shape index (κ3) is 3.75. The van der Waals surface area contributed by atoms with E-state index in [-0.39, 0.29) is 11.9 Å². The molecule has 1 aromatic carbocycles. The van der Waals surface area contributed by atoms with E-state index in [0.717, 1.165) is 12.0 Å². The smallest absolute Gasteiger partial charge is 0.307 e. The van der Waals surface area contributed by atoms with Gasteiger partial charge >= 0.3 is 5.97 Å². The Bertz CT molecular complexity index is 562. The maximum atomic E-state index is 12.5. The summed E-state index contributed by atoms with van der Waals surface area (Å²) in [5.74, 6) is -2.17. The second-order valence-corrected chi connectivity index (χ2v) is 5.87. The molecule has 0 radical (unpaired) electrons. The van der Waals surface area contributed by atoms with Gasteiger partial charge in [-0.1, -0.05) is 48.9 Å². The van der Waals surface area contributed by atoms with Crippen molar-refractivity contribution in [3.05, 3.63) is 47.5 Å². The molecule has 1 amide bonds. The lowest BCUT2D eigenvalue weighted by atomic mass is 9.82. The van der Waals surface area contributed by atoms with Crippen LogP contribution in [0.25, 0.3) is 0 Å². The number of nitrogens with one attached hydrogen (secondary N) is 1. The number of rotatable bonds is 5. The molecular weight excluding hydrogens is 278 g/mol. The van der Waals surface area contributed by atoms with Crippen molar-refractivity contribution in [3.63, 3.8) is 0 Å². The Labute approximate surface area is 131 Å². The highest BCUT2D eigenvalue weighted by molar-refractivity contribution is 5.85. The van der Waals surface area contributed by atoms with E-state index in [1.807, 2.05) is 50.3 Å². The molecule has 0 fully saturated rings. The summed E-state index contributed by atoms with van der Waals surface area (Å²) < 4.78 is 0. The average Bonchev–Trinajstić information content (AvgIpc) is 2.53. The van der Waals surface area contributed by atoms with E-state index in [4.69, 9.17) is 0 Å². The molecule has 118 valence electrons. The summed E-state index contributed by atoms with van der Waals surface area (Å²) in [5, 5.41) is 12.3. The molecule has 1 aliphatic carbocycles. The Morgan fingerprint density at radius 1 is 1.18 bits per heavy atom. The number of carboxylic acids is 1. The first-order valence-electron chi connectivity index (χ1n) is 7.77. The molecule has 1 aliphatic rings. The van der Waals surface area contributed by atoms with Crippen LogP contribution in [-0.4, -0.2) is 17.0 Å². The van der Waals surface area contributed by atoms with Crippen molar-refractivity contribution in [1.82, 2.24) is 5.32 Å². The molecule has 2 rings (SSSR count). The fourth-order valence-corrected chi connectivity index (χ4v) is 2.88. The standard InChI is InChI=1S/C18H23NO3/c1-3-16(13-10-8-12(2)9-11-13)19-17(20)14-6-4-5-7-15(14)18(21)22/h4-5,8-11,14-16H,3,6-7H2,1-2H3,(H,19,20)(H,21,22)/t14-,15+,16-/m1/s1. The highest BCUT2D eigenvalue weighted by Crippen LogP contribution is 2.27. The van der Waals surface area contributed by atoms with Crippen LogP contribution in [0.1, 0.15) is 43.4 Å². The zero-order valence-electron chi connectivity index (χ0n) is 13.1. The monoisotopic (exact) mass is 301 g/mol. The fourth-order valence-electron chi connectivity index (χ4n) is 2.88. The summed E-state index contributed by atoms with van der Waals surface area (Å²) in [4.78, 5) is 23.8. The summed E-state index contributed by atoms with van der Waals surface area (Å²) in [6.45, 7) is 4.04. The zero-order chi connectivity index (χ0) is 16.1. The van der Waals surface area contributed by atoms with Gasteiger partial charge in [0.1, 0.15) is 0 Å². The van der Waals surface area contributed by atoms with Gasteiger partial charge < -0.3 is 10.4 Å². The Hall–Kier alpha value is -2.10. The number of carbonyl (C=O) groups excluding carboxylic acids is 1. The van der Waals surface area contributed by atoms with Crippen LogP contribution in [0.5, 0.6) is 0 Å². The normalized spacial score (nSPS) is 22.1. The fraction of sp³-hybridized carbons (Fsp3) is 0.444. The van der Waals surface area contributed by atoms with Gasteiger partial charge in [-0.25, -0.2) is 0 Å². The third-order valence-electron chi connectivity index (χ3n) is 4.29. The molecule has 0 aromatic heterocycles. The lowest BCUT2D eigenvalue weighted by Gasteiger charge is -2.27. The van der Waals surface area contributed by atoms with Gasteiger partial charge in [-0.05, 0) is 31.7 Å². The molecule has 0 aliphatic heterocycles. The molecule has 0 saturated heterocycles. The van der Waals surface area contributed by atoms with Crippen molar-refractivity contribution in [3.8, 4) is 0 Å². The van der Waals surface area contributed by atoms with Gasteiger partial charge in [0.15, 0.2) is 0 Å². The second-order valence-electron chi connectivity index (χ2n) is 5.87. The molecule has 0 unspecified atom stereocenters. The number of hydrogen-bond acceptors (Lipinski definition) is 2. The van der Waals surface area contributed by atoms with Crippen LogP contribution >= 0.6 is 0 Å². The summed E-state index contributed by atoms with van der Waals surface area (Å²) >= 11 is 0. The van der Waals surface area contributed by atoms with Gasteiger partial charge in [0, 0.05) is 0 Å². The van der Waals surface area contributed by atoms with E-state index >= 15 is 0 Å². The minimum Gasteiger partial charge on any atom is -0.481 e. The Kier molecular flexibility index (Phi) is 5.36. The molecule has 4 nitrogen and oxygen atoms in total. The van der Waals surface area contributed by atoms with Gasteiger partial charge in [-0.3, -0.25) is 9.59 Å². The largest absolute Gasteiger partial charge is 0.481 e. The third-order valence-corrected chi connectivity index (χ3v) is 4.29. The number of aryl methyl sites for hydroxylation is 1. The molecule has 3 atom stereocenters. The predicted octanol–water partition coefficient (Wildman–Crippen LogP) is 3.23. The van der Waals surface area contributed by atoms with E-state index in [1.54, 1.807) is 0 Å². The number of aliphatic carboxylic acids is 1. The van der Waals surface area contributed by atoms with Crippen LogP contribution in [0.3, 0.4) is 0 Å². The number of carbonyl (C=O) groups is 2. The molecule has 4 heteroatoms. The van der Waals surface area contributed by atoms with Crippen molar-refractivity contribution >= 4 is 11.9 Å². The molecule has 0 spiro atoms. The van der Waals surface area contributed by atoms with Crippen molar-refractivity contribution < 1.29 is 14.7 Å². The minimum absolute atomic E-state index is 0.0755. The van der Waals surface area contributed by atoms with E-state index in [1.165, 1.54) is 5.56 Å². The zero-order valence-corrected chi connectivity index (χ0v) is 13.1. The van der Waals surface area contributed by atoms with Crippen LogP contribution < -0.4 is 5.32 Å². The predicted molar refractivity (Wildman–Crippen MR) is 85.3 cm³/mol. The lowest BCUT2D eigenvalue weighted by molar-refractivity contribution is -0.147. The first kappa shape index (κ1) is 16.3. The summed E-state index contributed by atoms with van der Waals surface area (Å²) in [7, 11) is 0. The molecule has 0 heterocycles. The quantitative estimate of drug-likeness (QED) is 0.821. The van der Waals surface area contributed by atoms with Gasteiger partial charge in [-0.2, -0.15) is 0 Å². The molecule has 1 aromatic rings. The summed E-state index contributed by atoms with van der Waals surface area (Å²) in [6.07, 6.45) is 5.44. The minimum atomic E-state index is -0.895. The van der Waals surface area contributed by atoms with Crippen LogP contribution in [0.2, 0.25) is 0 Å². The highest BCUT2D eigenvalue weighted by Gasteiger charge is 2.34. The molecular formula is C18H23NO3. The molecule has 22 heavy (non-hydrogen) atoms. The molecule has 2 N–H and O–H groups in total. The van der Waals surface area contributed by atoms with Crippen LogP contribution in [0, 0.1) is 18.8 Å². The number of amides is 1. The summed E-state index contributed by atoms with van der Waals surface area (Å²) in [6, 6.07) is 7.99. The van der Waals surface area contributed by atoms with Crippen molar-refractivity contribution in [1.29, 1.82) is 0 Å². The number of carboxylic acid groups (broad SMARTS) is 1. The number of hydrogen-bond donors (Lipinski definition) is 2. The van der Waals surface area contributed by atoms with E-state index in [0.29, 0.717) is 12.8 Å². The first-order valence-corrected chi connectivity index (χ1v) is 7.77. The lowest BCUT2D eigenvalue weighted by Crippen LogP contribution is -2.40. The van der Waals surface area contributed by atoms with Gasteiger partial charge in [0.25, 0.3) is 0 Å². The van der Waals surface area contributed by atoms with E-state index in [2.05, 4.69) is 5.32 Å². The topological polar surface area (TPSA) is 66.4 Å². The maximum absolute atomic E-state index is 12.5. The Morgan fingerprint density at radius 3 is 2.32 bits per heavy atom. The SMILES string of the molecule is CC[C@@H](NC(=O)[C@@H]1CC=CC[C@@H]1C(=O)O)c1ccc(C)cc1. The summed E-state index contributed by atoms with van der Waals surface area (Å²) in [5.41, 5.74) is 2.23. The van der Waals surface area contributed by atoms with E-state index < -0.39 is 17.8 Å². The van der Waals surface area contributed by atoms with Crippen molar-refractivity contribution in [2.45, 2.75) is 39.2 Å². The highest BCUT2D eigenvalue weighted by atomic mass is 16.4. The Balaban J connectivity index is 2.10. The van der Waals surface area contributed by atoms with Crippen LogP contribution in [-0.2, 0) is 9.59 Å². The van der Waals surface area contributed by atoms with Crippen LogP contribution in [0.15, 0.2) is 36.4 Å². The average molecular weight is 301 g/mol. The van der Waals surface area contributed by atoms with Gasteiger partial charge in [-0.15, -0.1) is 0 Å². The maximum Gasteiger partial charge on any atom is 0.307 e.